The van der Waals surface area contributed by atoms with E-state index in [4.69, 9.17) is 9.84 Å². The van der Waals surface area contributed by atoms with Crippen molar-refractivity contribution in [1.29, 1.82) is 0 Å². The molecule has 104 valence electrons. The van der Waals surface area contributed by atoms with E-state index in [9.17, 15) is 0 Å². The van der Waals surface area contributed by atoms with Crippen LogP contribution in [0.3, 0.4) is 0 Å². The molecular formula is C13H30N2O2. The first-order valence-corrected chi connectivity index (χ1v) is 6.72. The lowest BCUT2D eigenvalue weighted by atomic mass is 10.1. The number of hydrogen-bond acceptors (Lipinski definition) is 4. The van der Waals surface area contributed by atoms with Gasteiger partial charge in [0.15, 0.2) is 0 Å². The molecule has 1 unspecified atom stereocenters. The number of ether oxygens (including phenoxy) is 1. The van der Waals surface area contributed by atoms with Crippen LogP contribution in [0.2, 0.25) is 0 Å². The monoisotopic (exact) mass is 246 g/mol. The third-order valence-corrected chi connectivity index (χ3v) is 2.93. The van der Waals surface area contributed by atoms with Crippen LogP contribution in [0.15, 0.2) is 0 Å². The summed E-state index contributed by atoms with van der Waals surface area (Å²) in [6.07, 6.45) is 1.94. The Hall–Kier alpha value is -0.160. The van der Waals surface area contributed by atoms with Crippen molar-refractivity contribution >= 4 is 0 Å². The van der Waals surface area contributed by atoms with Gasteiger partial charge in [-0.2, -0.15) is 0 Å². The van der Waals surface area contributed by atoms with Crippen molar-refractivity contribution in [2.75, 3.05) is 40.0 Å². The average molecular weight is 246 g/mol. The lowest BCUT2D eigenvalue weighted by Crippen LogP contribution is -2.45. The summed E-state index contributed by atoms with van der Waals surface area (Å²) in [5.41, 5.74) is 0. The van der Waals surface area contributed by atoms with Crippen LogP contribution in [-0.4, -0.2) is 62.0 Å². The van der Waals surface area contributed by atoms with Crippen LogP contribution >= 0.6 is 0 Å². The van der Waals surface area contributed by atoms with Gasteiger partial charge < -0.3 is 15.2 Å². The lowest BCUT2D eigenvalue weighted by molar-refractivity contribution is 0.116. The maximum atomic E-state index is 9.08. The molecule has 4 heteroatoms. The normalized spacial score (nSPS) is 13.6. The van der Waals surface area contributed by atoms with E-state index in [0.29, 0.717) is 12.1 Å². The first-order chi connectivity index (χ1) is 8.15. The van der Waals surface area contributed by atoms with Crippen LogP contribution in [-0.2, 0) is 4.74 Å². The Morgan fingerprint density at radius 2 is 2.06 bits per heavy atom. The topological polar surface area (TPSA) is 44.7 Å². The summed E-state index contributed by atoms with van der Waals surface area (Å²) in [4.78, 5) is 2.40. The highest BCUT2D eigenvalue weighted by molar-refractivity contribution is 4.74. The van der Waals surface area contributed by atoms with Crippen molar-refractivity contribution < 1.29 is 9.84 Å². The van der Waals surface area contributed by atoms with Gasteiger partial charge >= 0.3 is 0 Å². The van der Waals surface area contributed by atoms with Crippen molar-refractivity contribution in [2.45, 2.75) is 45.7 Å². The van der Waals surface area contributed by atoms with E-state index in [2.05, 4.69) is 31.0 Å². The summed E-state index contributed by atoms with van der Waals surface area (Å²) in [6, 6.07) is 0.883. The molecule has 0 aliphatic carbocycles. The molecule has 0 saturated heterocycles. The van der Waals surface area contributed by atoms with Gasteiger partial charge in [-0.3, -0.25) is 4.90 Å². The molecule has 0 radical (unpaired) electrons. The van der Waals surface area contributed by atoms with Gasteiger partial charge in [-0.05, 0) is 33.2 Å². The van der Waals surface area contributed by atoms with E-state index < -0.39 is 0 Å². The number of nitrogens with one attached hydrogen (secondary N) is 1. The van der Waals surface area contributed by atoms with E-state index in [1.165, 1.54) is 0 Å². The number of aliphatic hydroxyl groups is 1. The maximum Gasteiger partial charge on any atom is 0.0589 e. The molecule has 0 bridgehead atoms. The quantitative estimate of drug-likeness (QED) is 0.573. The zero-order valence-electron chi connectivity index (χ0n) is 11.9. The standard InChI is InChI=1S/C13H30N2O2/c1-5-7-14-13(6-9-16)11-15(12(2)3)8-10-17-4/h12-14,16H,5-11H2,1-4H3. The molecule has 0 aromatic heterocycles. The molecule has 0 fully saturated rings. The van der Waals surface area contributed by atoms with Gasteiger partial charge in [0.2, 0.25) is 0 Å². The molecular weight excluding hydrogens is 216 g/mol. The van der Waals surface area contributed by atoms with Crippen LogP contribution in [0.1, 0.15) is 33.6 Å². The Morgan fingerprint density at radius 3 is 2.53 bits per heavy atom. The highest BCUT2D eigenvalue weighted by Gasteiger charge is 2.15. The summed E-state index contributed by atoms with van der Waals surface area (Å²) >= 11 is 0. The predicted octanol–water partition coefficient (Wildman–Crippen LogP) is 1.09. The van der Waals surface area contributed by atoms with Crippen molar-refractivity contribution in [2.24, 2.45) is 0 Å². The van der Waals surface area contributed by atoms with Gasteiger partial charge in [0.05, 0.1) is 6.61 Å². The fourth-order valence-electron chi connectivity index (χ4n) is 1.81. The Kier molecular flexibility index (Phi) is 10.9. The molecule has 0 spiro atoms. The summed E-state index contributed by atoms with van der Waals surface area (Å²) < 4.78 is 5.13. The smallest absolute Gasteiger partial charge is 0.0589 e. The first-order valence-electron chi connectivity index (χ1n) is 6.72. The van der Waals surface area contributed by atoms with E-state index in [1.54, 1.807) is 7.11 Å². The first kappa shape index (κ1) is 16.8. The van der Waals surface area contributed by atoms with Gasteiger partial charge in [-0.25, -0.2) is 0 Å². The second-order valence-corrected chi connectivity index (χ2v) is 4.74. The van der Waals surface area contributed by atoms with Gasteiger partial charge in [0.25, 0.3) is 0 Å². The van der Waals surface area contributed by atoms with E-state index >= 15 is 0 Å². The zero-order valence-corrected chi connectivity index (χ0v) is 11.9. The van der Waals surface area contributed by atoms with Gasteiger partial charge in [-0.15, -0.1) is 0 Å². The van der Waals surface area contributed by atoms with Crippen LogP contribution in [0.4, 0.5) is 0 Å². The highest BCUT2D eigenvalue weighted by Crippen LogP contribution is 2.03. The summed E-state index contributed by atoms with van der Waals surface area (Å²) in [6.45, 7) is 10.5. The van der Waals surface area contributed by atoms with Gasteiger partial charge in [0.1, 0.15) is 0 Å². The van der Waals surface area contributed by atoms with Crippen molar-refractivity contribution in [3.63, 3.8) is 0 Å². The van der Waals surface area contributed by atoms with Crippen LogP contribution < -0.4 is 5.32 Å². The van der Waals surface area contributed by atoms with E-state index in [1.807, 2.05) is 0 Å². The summed E-state index contributed by atoms with van der Waals surface area (Å²) in [7, 11) is 1.74. The Bertz CT molecular complexity index is 165. The third-order valence-electron chi connectivity index (χ3n) is 2.93. The molecule has 0 aromatic carbocycles. The lowest BCUT2D eigenvalue weighted by Gasteiger charge is -2.30. The molecule has 4 nitrogen and oxygen atoms in total. The molecule has 0 aromatic rings. The fraction of sp³-hybridized carbons (Fsp3) is 1.00. The highest BCUT2D eigenvalue weighted by atomic mass is 16.5. The minimum Gasteiger partial charge on any atom is -0.396 e. The van der Waals surface area contributed by atoms with Crippen molar-refractivity contribution in [3.8, 4) is 0 Å². The minimum absolute atomic E-state index is 0.248. The number of nitrogens with zero attached hydrogens (tertiary/aromatic N) is 1. The Balaban J connectivity index is 4.13. The third kappa shape index (κ3) is 8.55. The maximum absolute atomic E-state index is 9.08. The minimum atomic E-state index is 0.248. The summed E-state index contributed by atoms with van der Waals surface area (Å²) in [5.74, 6) is 0. The van der Waals surface area contributed by atoms with Gasteiger partial charge in [0, 0.05) is 38.9 Å². The molecule has 0 saturated carbocycles. The average Bonchev–Trinajstić information content (AvgIpc) is 2.30. The predicted molar refractivity (Wildman–Crippen MR) is 72.4 cm³/mol. The second kappa shape index (κ2) is 11.0. The molecule has 0 rings (SSSR count). The SMILES string of the molecule is CCCNC(CCO)CN(CCOC)C(C)C. The molecule has 1 atom stereocenters. The molecule has 0 amide bonds. The fourth-order valence-corrected chi connectivity index (χ4v) is 1.81. The molecule has 17 heavy (non-hydrogen) atoms. The number of aliphatic hydroxyl groups excluding tert-OH is 1. The van der Waals surface area contributed by atoms with Crippen LogP contribution in [0.5, 0.6) is 0 Å². The molecule has 0 heterocycles. The molecule has 0 aliphatic rings. The largest absolute Gasteiger partial charge is 0.396 e. The van der Waals surface area contributed by atoms with E-state index in [-0.39, 0.29) is 6.61 Å². The number of rotatable bonds is 11. The number of hydrogen-bond donors (Lipinski definition) is 2. The molecule has 2 N–H and O–H groups in total. The van der Waals surface area contributed by atoms with Crippen LogP contribution in [0, 0.1) is 0 Å². The van der Waals surface area contributed by atoms with E-state index in [0.717, 1.165) is 39.1 Å². The van der Waals surface area contributed by atoms with Gasteiger partial charge in [-0.1, -0.05) is 6.92 Å². The Labute approximate surface area is 106 Å². The second-order valence-electron chi connectivity index (χ2n) is 4.74. The molecule has 0 aliphatic heterocycles. The van der Waals surface area contributed by atoms with Crippen molar-refractivity contribution in [1.82, 2.24) is 10.2 Å². The zero-order chi connectivity index (χ0) is 13.1. The number of methoxy groups -OCH3 is 1. The summed E-state index contributed by atoms with van der Waals surface area (Å²) in [5, 5.41) is 12.6. The van der Waals surface area contributed by atoms with Crippen molar-refractivity contribution in [3.05, 3.63) is 0 Å². The van der Waals surface area contributed by atoms with Crippen LogP contribution in [0.25, 0.3) is 0 Å². The Morgan fingerprint density at radius 1 is 1.35 bits per heavy atom.